The largest absolute Gasteiger partial charge is 0.398 e. The van der Waals surface area contributed by atoms with Crippen molar-refractivity contribution in [2.24, 2.45) is 0 Å². The molecule has 4 aromatic rings. The molecule has 3 N–H and O–H groups in total. The van der Waals surface area contributed by atoms with E-state index in [0.717, 1.165) is 16.8 Å². The van der Waals surface area contributed by atoms with E-state index in [1.807, 2.05) is 0 Å². The average molecular weight is 286 g/mol. The standard InChI is InChI=1S/C20H18N2/c1-12-10-14(11-13(2)19(12)21)15-7-5-8-17-16-6-3-4-9-18(16)22-20(15)17/h3-11,22H,21H2,1-2H3. The summed E-state index contributed by atoms with van der Waals surface area (Å²) >= 11 is 0. The maximum absolute atomic E-state index is 6.09. The van der Waals surface area contributed by atoms with E-state index in [1.54, 1.807) is 0 Å². The Morgan fingerprint density at radius 1 is 0.818 bits per heavy atom. The van der Waals surface area contributed by atoms with Crippen molar-refractivity contribution in [3.05, 3.63) is 65.7 Å². The van der Waals surface area contributed by atoms with Crippen LogP contribution in [0.5, 0.6) is 0 Å². The first-order valence-corrected chi connectivity index (χ1v) is 7.51. The predicted molar refractivity (Wildman–Crippen MR) is 95.1 cm³/mol. The molecule has 0 radical (unpaired) electrons. The van der Waals surface area contributed by atoms with E-state index in [-0.39, 0.29) is 0 Å². The zero-order chi connectivity index (χ0) is 15.3. The van der Waals surface area contributed by atoms with Crippen LogP contribution in [0.1, 0.15) is 11.1 Å². The molecule has 0 aliphatic heterocycles. The molecule has 1 aromatic heterocycles. The van der Waals surface area contributed by atoms with Gasteiger partial charge in [-0.25, -0.2) is 0 Å². The minimum absolute atomic E-state index is 0.882. The van der Waals surface area contributed by atoms with Gasteiger partial charge < -0.3 is 10.7 Å². The molecule has 0 unspecified atom stereocenters. The number of hydrogen-bond acceptors (Lipinski definition) is 1. The summed E-state index contributed by atoms with van der Waals surface area (Å²) in [5, 5.41) is 2.53. The summed E-state index contributed by atoms with van der Waals surface area (Å²) in [6.45, 7) is 4.13. The van der Waals surface area contributed by atoms with E-state index in [4.69, 9.17) is 5.73 Å². The molecule has 2 nitrogen and oxygen atoms in total. The van der Waals surface area contributed by atoms with Crippen LogP contribution in [-0.4, -0.2) is 4.98 Å². The second kappa shape index (κ2) is 4.63. The van der Waals surface area contributed by atoms with Gasteiger partial charge in [-0.3, -0.25) is 0 Å². The number of H-pyrrole nitrogens is 1. The molecular weight excluding hydrogens is 268 g/mol. The van der Waals surface area contributed by atoms with Crippen LogP contribution in [0.2, 0.25) is 0 Å². The normalized spacial score (nSPS) is 11.4. The summed E-state index contributed by atoms with van der Waals surface area (Å²) in [4.78, 5) is 3.57. The first-order valence-electron chi connectivity index (χ1n) is 7.51. The van der Waals surface area contributed by atoms with Gasteiger partial charge in [-0.05, 0) is 48.7 Å². The number of anilines is 1. The summed E-state index contributed by atoms with van der Waals surface area (Å²) in [6.07, 6.45) is 0. The van der Waals surface area contributed by atoms with E-state index < -0.39 is 0 Å². The van der Waals surface area contributed by atoms with Crippen molar-refractivity contribution in [2.75, 3.05) is 5.73 Å². The van der Waals surface area contributed by atoms with E-state index in [1.165, 1.54) is 32.9 Å². The van der Waals surface area contributed by atoms with Crippen LogP contribution >= 0.6 is 0 Å². The van der Waals surface area contributed by atoms with Crippen LogP contribution in [0.15, 0.2) is 54.6 Å². The molecule has 0 amide bonds. The van der Waals surface area contributed by atoms with Gasteiger partial charge in [0.05, 0.1) is 5.52 Å². The smallest absolute Gasteiger partial charge is 0.0544 e. The number of aromatic amines is 1. The summed E-state index contributed by atoms with van der Waals surface area (Å²) in [5.74, 6) is 0. The molecule has 0 spiro atoms. The quantitative estimate of drug-likeness (QED) is 0.465. The van der Waals surface area contributed by atoms with Crippen LogP contribution in [0.25, 0.3) is 32.9 Å². The Kier molecular flexibility index (Phi) is 2.73. The molecule has 0 atom stereocenters. The molecule has 2 heteroatoms. The molecule has 0 saturated carbocycles. The van der Waals surface area contributed by atoms with Crippen molar-refractivity contribution in [3.8, 4) is 11.1 Å². The summed E-state index contributed by atoms with van der Waals surface area (Å²) < 4.78 is 0. The maximum atomic E-state index is 6.09. The molecular formula is C20H18N2. The van der Waals surface area contributed by atoms with Crippen molar-refractivity contribution in [3.63, 3.8) is 0 Å². The Labute approximate surface area is 129 Å². The molecule has 108 valence electrons. The second-order valence-electron chi connectivity index (χ2n) is 5.92. The lowest BCUT2D eigenvalue weighted by molar-refractivity contribution is 1.39. The lowest BCUT2D eigenvalue weighted by Crippen LogP contribution is -1.94. The maximum Gasteiger partial charge on any atom is 0.0544 e. The highest BCUT2D eigenvalue weighted by molar-refractivity contribution is 6.11. The highest BCUT2D eigenvalue weighted by Crippen LogP contribution is 2.34. The third kappa shape index (κ3) is 1.81. The first-order chi connectivity index (χ1) is 10.6. The molecule has 4 rings (SSSR count). The van der Waals surface area contributed by atoms with Gasteiger partial charge in [0.25, 0.3) is 0 Å². The number of aryl methyl sites for hydroxylation is 2. The van der Waals surface area contributed by atoms with Crippen LogP contribution < -0.4 is 5.73 Å². The topological polar surface area (TPSA) is 41.8 Å². The van der Waals surface area contributed by atoms with Crippen LogP contribution in [0.4, 0.5) is 5.69 Å². The summed E-state index contributed by atoms with van der Waals surface area (Å²) in [6, 6.07) is 19.2. The van der Waals surface area contributed by atoms with Gasteiger partial charge in [0, 0.05) is 27.5 Å². The number of aromatic nitrogens is 1. The van der Waals surface area contributed by atoms with Crippen molar-refractivity contribution < 1.29 is 0 Å². The fourth-order valence-electron chi connectivity index (χ4n) is 3.24. The number of fused-ring (bicyclic) bond motifs is 3. The number of nitrogen functional groups attached to an aromatic ring is 1. The minimum atomic E-state index is 0.882. The number of nitrogens with two attached hydrogens (primary N) is 1. The van der Waals surface area contributed by atoms with E-state index in [0.29, 0.717) is 0 Å². The molecule has 0 fully saturated rings. The molecule has 3 aromatic carbocycles. The third-order valence-electron chi connectivity index (χ3n) is 4.45. The molecule has 0 bridgehead atoms. The molecule has 0 saturated heterocycles. The Morgan fingerprint density at radius 2 is 1.50 bits per heavy atom. The Morgan fingerprint density at radius 3 is 2.27 bits per heavy atom. The zero-order valence-corrected chi connectivity index (χ0v) is 12.8. The predicted octanol–water partition coefficient (Wildman–Crippen LogP) is 5.19. The van der Waals surface area contributed by atoms with Gasteiger partial charge in [-0.2, -0.15) is 0 Å². The van der Waals surface area contributed by atoms with Gasteiger partial charge in [0.1, 0.15) is 0 Å². The Hall–Kier alpha value is -2.74. The number of rotatable bonds is 1. The number of hydrogen-bond donors (Lipinski definition) is 2. The lowest BCUT2D eigenvalue weighted by atomic mass is 9.97. The van der Waals surface area contributed by atoms with Crippen molar-refractivity contribution in [1.82, 2.24) is 4.98 Å². The molecule has 0 aliphatic carbocycles. The second-order valence-corrected chi connectivity index (χ2v) is 5.92. The number of nitrogens with one attached hydrogen (secondary N) is 1. The van der Waals surface area contributed by atoms with Crippen molar-refractivity contribution in [1.29, 1.82) is 0 Å². The SMILES string of the molecule is Cc1cc(-c2cccc3c2[nH]c2ccccc23)cc(C)c1N. The average Bonchev–Trinajstić information content (AvgIpc) is 2.90. The minimum Gasteiger partial charge on any atom is -0.398 e. The summed E-state index contributed by atoms with van der Waals surface area (Å²) in [7, 11) is 0. The number of para-hydroxylation sites is 2. The fourth-order valence-corrected chi connectivity index (χ4v) is 3.24. The first kappa shape index (κ1) is 13.0. The fraction of sp³-hybridized carbons (Fsp3) is 0.100. The van der Waals surface area contributed by atoms with E-state index in [9.17, 15) is 0 Å². The molecule has 1 heterocycles. The molecule has 0 aliphatic rings. The van der Waals surface area contributed by atoms with Gasteiger partial charge in [-0.15, -0.1) is 0 Å². The van der Waals surface area contributed by atoms with Crippen LogP contribution in [0, 0.1) is 13.8 Å². The van der Waals surface area contributed by atoms with Gasteiger partial charge in [0.2, 0.25) is 0 Å². The van der Waals surface area contributed by atoms with E-state index in [2.05, 4.69) is 73.4 Å². The Bertz CT molecular complexity index is 986. The Balaban J connectivity index is 2.07. The van der Waals surface area contributed by atoms with Gasteiger partial charge >= 0.3 is 0 Å². The third-order valence-corrected chi connectivity index (χ3v) is 4.45. The van der Waals surface area contributed by atoms with Gasteiger partial charge in [-0.1, -0.05) is 36.4 Å². The monoisotopic (exact) mass is 286 g/mol. The molecule has 22 heavy (non-hydrogen) atoms. The highest BCUT2D eigenvalue weighted by Gasteiger charge is 2.10. The lowest BCUT2D eigenvalue weighted by Gasteiger charge is -2.10. The van der Waals surface area contributed by atoms with Crippen molar-refractivity contribution >= 4 is 27.5 Å². The van der Waals surface area contributed by atoms with Crippen LogP contribution in [-0.2, 0) is 0 Å². The van der Waals surface area contributed by atoms with E-state index >= 15 is 0 Å². The van der Waals surface area contributed by atoms with Crippen molar-refractivity contribution in [2.45, 2.75) is 13.8 Å². The zero-order valence-electron chi connectivity index (χ0n) is 12.8. The van der Waals surface area contributed by atoms with Crippen LogP contribution in [0.3, 0.4) is 0 Å². The van der Waals surface area contributed by atoms with Gasteiger partial charge in [0.15, 0.2) is 0 Å². The summed E-state index contributed by atoms with van der Waals surface area (Å²) in [5.41, 5.74) is 14.0. The highest BCUT2D eigenvalue weighted by atomic mass is 14.7. The number of benzene rings is 3.